The molecule has 0 bridgehead atoms. The molecule has 0 saturated carbocycles. The van der Waals surface area contributed by atoms with Gasteiger partial charge in [-0.1, -0.05) is 18.2 Å². The molecule has 1 fully saturated rings. The number of benzene rings is 1. The molecule has 0 aliphatic carbocycles. The second-order valence-corrected chi connectivity index (χ2v) is 5.74. The van der Waals surface area contributed by atoms with Gasteiger partial charge in [0.1, 0.15) is 5.82 Å². The highest BCUT2D eigenvalue weighted by atomic mass is 16.7. The molecule has 23 heavy (non-hydrogen) atoms. The zero-order chi connectivity index (χ0) is 16.1. The molecule has 0 unspecified atom stereocenters. The molecule has 2 N–H and O–H groups in total. The number of aromatic nitrogens is 1. The van der Waals surface area contributed by atoms with Crippen molar-refractivity contribution in [2.45, 2.75) is 26.3 Å². The van der Waals surface area contributed by atoms with Crippen LogP contribution in [0.3, 0.4) is 0 Å². The van der Waals surface area contributed by atoms with Crippen LogP contribution in [-0.4, -0.2) is 24.9 Å². The summed E-state index contributed by atoms with van der Waals surface area (Å²) in [6.45, 7) is 5.23. The van der Waals surface area contributed by atoms with E-state index in [1.807, 2.05) is 24.4 Å². The van der Waals surface area contributed by atoms with Gasteiger partial charge in [0.25, 0.3) is 0 Å². The third kappa shape index (κ3) is 3.74. The standard InChI is InChI=1S/C10H14N2.C8H9NO2/c1-9-4-5-10(11-8-9)12-6-2-3-7-12;9-4-6-2-1-3-7-8(6)11-5-10-7/h4-5,8H,2-3,6-7H2,1H3;1-3H,4-5,9H2. The van der Waals surface area contributed by atoms with Gasteiger partial charge in [0.2, 0.25) is 6.79 Å². The summed E-state index contributed by atoms with van der Waals surface area (Å²) in [6.07, 6.45) is 4.57. The third-order valence-electron chi connectivity index (χ3n) is 4.02. The fraction of sp³-hybridized carbons (Fsp3) is 0.389. The molecule has 5 heteroatoms. The summed E-state index contributed by atoms with van der Waals surface area (Å²) in [6, 6.07) is 9.96. The lowest BCUT2D eigenvalue weighted by atomic mass is 10.2. The normalized spacial score (nSPS) is 15.3. The highest BCUT2D eigenvalue weighted by Gasteiger charge is 2.15. The third-order valence-corrected chi connectivity index (χ3v) is 4.02. The van der Waals surface area contributed by atoms with E-state index < -0.39 is 0 Å². The molecule has 0 atom stereocenters. The van der Waals surface area contributed by atoms with Crippen LogP contribution in [0.25, 0.3) is 0 Å². The van der Waals surface area contributed by atoms with Crippen molar-refractivity contribution in [3.63, 3.8) is 0 Å². The molecule has 0 amide bonds. The van der Waals surface area contributed by atoms with Crippen LogP contribution in [-0.2, 0) is 6.54 Å². The zero-order valence-electron chi connectivity index (χ0n) is 13.5. The molecule has 2 aromatic rings. The van der Waals surface area contributed by atoms with Gasteiger partial charge in [-0.2, -0.15) is 0 Å². The lowest BCUT2D eigenvalue weighted by molar-refractivity contribution is 0.173. The summed E-state index contributed by atoms with van der Waals surface area (Å²) < 4.78 is 10.4. The molecule has 1 aromatic heterocycles. The van der Waals surface area contributed by atoms with Crippen LogP contribution in [0, 0.1) is 6.92 Å². The quantitative estimate of drug-likeness (QED) is 0.924. The lowest BCUT2D eigenvalue weighted by Gasteiger charge is -2.15. The Labute approximate surface area is 137 Å². The van der Waals surface area contributed by atoms with Gasteiger partial charge in [-0.15, -0.1) is 0 Å². The molecule has 1 aromatic carbocycles. The van der Waals surface area contributed by atoms with Gasteiger partial charge in [-0.25, -0.2) is 4.98 Å². The first-order valence-corrected chi connectivity index (χ1v) is 8.03. The number of para-hydroxylation sites is 1. The van der Waals surface area contributed by atoms with Gasteiger partial charge in [-0.3, -0.25) is 0 Å². The Morgan fingerprint density at radius 2 is 1.96 bits per heavy atom. The first-order chi connectivity index (χ1) is 11.3. The smallest absolute Gasteiger partial charge is 0.231 e. The topological polar surface area (TPSA) is 60.6 Å². The molecule has 5 nitrogen and oxygen atoms in total. The van der Waals surface area contributed by atoms with Gasteiger partial charge in [0.05, 0.1) is 0 Å². The van der Waals surface area contributed by atoms with Crippen molar-refractivity contribution in [1.29, 1.82) is 0 Å². The number of pyridine rings is 1. The number of ether oxygens (including phenoxy) is 2. The van der Waals surface area contributed by atoms with Crippen molar-refractivity contribution < 1.29 is 9.47 Å². The Morgan fingerprint density at radius 1 is 1.13 bits per heavy atom. The number of anilines is 1. The largest absolute Gasteiger partial charge is 0.454 e. The van der Waals surface area contributed by atoms with Crippen LogP contribution < -0.4 is 20.1 Å². The Morgan fingerprint density at radius 3 is 2.65 bits per heavy atom. The molecule has 3 heterocycles. The average Bonchev–Trinajstić information content (AvgIpc) is 3.27. The second-order valence-electron chi connectivity index (χ2n) is 5.74. The van der Waals surface area contributed by atoms with E-state index in [4.69, 9.17) is 15.2 Å². The number of nitrogens with two attached hydrogens (primary N) is 1. The van der Waals surface area contributed by atoms with Gasteiger partial charge in [0.15, 0.2) is 11.5 Å². The highest BCUT2D eigenvalue weighted by molar-refractivity contribution is 5.47. The zero-order valence-corrected chi connectivity index (χ0v) is 13.5. The van der Waals surface area contributed by atoms with Gasteiger partial charge in [-0.05, 0) is 37.5 Å². The predicted molar refractivity (Wildman–Crippen MR) is 90.9 cm³/mol. The minimum Gasteiger partial charge on any atom is -0.454 e. The van der Waals surface area contributed by atoms with Crippen LogP contribution in [0.4, 0.5) is 5.82 Å². The van der Waals surface area contributed by atoms with Crippen molar-refractivity contribution in [2.75, 3.05) is 24.8 Å². The molecule has 0 spiro atoms. The monoisotopic (exact) mass is 313 g/mol. The second kappa shape index (κ2) is 7.33. The molecule has 1 saturated heterocycles. The maximum Gasteiger partial charge on any atom is 0.231 e. The predicted octanol–water partition coefficient (Wildman–Crippen LogP) is 2.86. The number of hydrogen-bond acceptors (Lipinski definition) is 5. The van der Waals surface area contributed by atoms with Gasteiger partial charge >= 0.3 is 0 Å². The molecular formula is C18H23N3O2. The van der Waals surface area contributed by atoms with Crippen LogP contribution in [0.2, 0.25) is 0 Å². The molecule has 0 radical (unpaired) electrons. The van der Waals surface area contributed by atoms with E-state index in [0.717, 1.165) is 22.9 Å². The molecule has 122 valence electrons. The first kappa shape index (κ1) is 15.6. The lowest BCUT2D eigenvalue weighted by Crippen LogP contribution is -2.18. The number of aryl methyl sites for hydroxylation is 1. The van der Waals surface area contributed by atoms with E-state index >= 15 is 0 Å². The maximum absolute atomic E-state index is 5.49. The van der Waals surface area contributed by atoms with Crippen molar-refractivity contribution >= 4 is 5.82 Å². The minimum atomic E-state index is 0.312. The first-order valence-electron chi connectivity index (χ1n) is 8.03. The summed E-state index contributed by atoms with van der Waals surface area (Å²) in [5.41, 5.74) is 7.72. The van der Waals surface area contributed by atoms with Crippen LogP contribution in [0.5, 0.6) is 11.5 Å². The van der Waals surface area contributed by atoms with Gasteiger partial charge in [0, 0.05) is 31.4 Å². The van der Waals surface area contributed by atoms with Crippen LogP contribution >= 0.6 is 0 Å². The number of hydrogen-bond donors (Lipinski definition) is 1. The summed E-state index contributed by atoms with van der Waals surface area (Å²) >= 11 is 0. The fourth-order valence-corrected chi connectivity index (χ4v) is 2.74. The fourth-order valence-electron chi connectivity index (χ4n) is 2.74. The van der Waals surface area contributed by atoms with Crippen molar-refractivity contribution in [1.82, 2.24) is 4.98 Å². The van der Waals surface area contributed by atoms with Gasteiger partial charge < -0.3 is 20.1 Å². The summed E-state index contributed by atoms with van der Waals surface area (Å²) in [4.78, 5) is 6.73. The average molecular weight is 313 g/mol. The molecule has 2 aliphatic rings. The van der Waals surface area contributed by atoms with Crippen molar-refractivity contribution in [3.8, 4) is 11.5 Å². The number of rotatable bonds is 2. The van der Waals surface area contributed by atoms with E-state index in [1.54, 1.807) is 0 Å². The van der Waals surface area contributed by atoms with Crippen LogP contribution in [0.1, 0.15) is 24.0 Å². The SMILES string of the molecule is Cc1ccc(N2CCCC2)nc1.NCc1cccc2c1OCO2. The van der Waals surface area contributed by atoms with Crippen LogP contribution in [0.15, 0.2) is 36.5 Å². The molecular weight excluding hydrogens is 290 g/mol. The Kier molecular flexibility index (Phi) is 4.98. The number of nitrogens with zero attached hydrogens (tertiary/aromatic N) is 2. The molecule has 2 aliphatic heterocycles. The van der Waals surface area contributed by atoms with Crippen molar-refractivity contribution in [3.05, 3.63) is 47.7 Å². The van der Waals surface area contributed by atoms with E-state index in [1.165, 1.54) is 31.5 Å². The maximum atomic E-state index is 5.49. The van der Waals surface area contributed by atoms with E-state index in [0.29, 0.717) is 13.3 Å². The summed E-state index contributed by atoms with van der Waals surface area (Å²) in [5.74, 6) is 2.74. The van der Waals surface area contributed by atoms with E-state index in [-0.39, 0.29) is 0 Å². The van der Waals surface area contributed by atoms with Crippen molar-refractivity contribution in [2.24, 2.45) is 5.73 Å². The Balaban J connectivity index is 0.000000136. The summed E-state index contributed by atoms with van der Waals surface area (Å²) in [7, 11) is 0. The number of fused-ring (bicyclic) bond motifs is 1. The Bertz CT molecular complexity index is 637. The van der Waals surface area contributed by atoms with E-state index in [9.17, 15) is 0 Å². The molecule has 4 rings (SSSR count). The minimum absolute atomic E-state index is 0.312. The highest BCUT2D eigenvalue weighted by Crippen LogP contribution is 2.34. The van der Waals surface area contributed by atoms with E-state index in [2.05, 4.69) is 28.9 Å². The summed E-state index contributed by atoms with van der Waals surface area (Å²) in [5, 5.41) is 0. The Hall–Kier alpha value is -2.27.